The molecule has 2 aliphatic rings. The summed E-state index contributed by atoms with van der Waals surface area (Å²) in [6.07, 6.45) is 4.21. The van der Waals surface area contributed by atoms with Crippen molar-refractivity contribution in [2.75, 3.05) is 19.7 Å². The number of thiophene rings is 1. The second-order valence-corrected chi connectivity index (χ2v) is 7.44. The molecule has 0 N–H and O–H groups in total. The van der Waals surface area contributed by atoms with Crippen LogP contribution in [0, 0.1) is 0 Å². The van der Waals surface area contributed by atoms with E-state index in [4.69, 9.17) is 16.3 Å². The largest absolute Gasteiger partial charge is 0.370 e. The van der Waals surface area contributed by atoms with Gasteiger partial charge in [-0.2, -0.15) is 0 Å². The van der Waals surface area contributed by atoms with Crippen molar-refractivity contribution in [2.45, 2.75) is 24.9 Å². The minimum absolute atomic E-state index is 0.0298. The molecule has 1 fully saturated rings. The third-order valence-corrected chi connectivity index (χ3v) is 5.95. The van der Waals surface area contributed by atoms with E-state index in [0.29, 0.717) is 23.8 Å². The van der Waals surface area contributed by atoms with E-state index < -0.39 is 0 Å². The van der Waals surface area contributed by atoms with Gasteiger partial charge < -0.3 is 9.64 Å². The molecule has 1 saturated heterocycles. The lowest BCUT2D eigenvalue weighted by Crippen LogP contribution is -2.48. The topological polar surface area (TPSA) is 42.4 Å². The van der Waals surface area contributed by atoms with E-state index in [0.717, 1.165) is 25.9 Å². The number of halogens is 1. The second kappa shape index (κ2) is 5.89. The van der Waals surface area contributed by atoms with Gasteiger partial charge in [0.15, 0.2) is 0 Å². The molecule has 4 nitrogen and oxygen atoms in total. The molecule has 0 radical (unpaired) electrons. The summed E-state index contributed by atoms with van der Waals surface area (Å²) in [5.74, 6) is -0.0298. The number of aromatic nitrogens is 1. The first-order valence-corrected chi connectivity index (χ1v) is 9.05. The maximum atomic E-state index is 12.6. The molecule has 0 bridgehead atoms. The summed E-state index contributed by atoms with van der Waals surface area (Å²) in [7, 11) is 0. The van der Waals surface area contributed by atoms with E-state index in [1.54, 1.807) is 12.1 Å². The number of carbonyl (C=O) groups is 1. The smallest absolute Gasteiger partial charge is 0.272 e. The molecule has 4 rings (SSSR count). The fourth-order valence-corrected chi connectivity index (χ4v) is 4.57. The Hall–Kier alpha value is -1.43. The van der Waals surface area contributed by atoms with Crippen molar-refractivity contribution in [1.82, 2.24) is 9.88 Å². The highest BCUT2D eigenvalue weighted by atomic mass is 35.5. The van der Waals surface area contributed by atoms with Crippen LogP contribution in [0.5, 0.6) is 0 Å². The molecule has 23 heavy (non-hydrogen) atoms. The summed E-state index contributed by atoms with van der Waals surface area (Å²) < 4.78 is 6.18. The number of fused-ring (bicyclic) bond motifs is 2. The average Bonchev–Trinajstić information content (AvgIpc) is 3.06. The van der Waals surface area contributed by atoms with Crippen LogP contribution in [0.25, 0.3) is 0 Å². The Labute approximate surface area is 144 Å². The fraction of sp³-hybridized carbons (Fsp3) is 0.412. The number of pyridine rings is 1. The van der Waals surface area contributed by atoms with Crippen molar-refractivity contribution < 1.29 is 9.53 Å². The van der Waals surface area contributed by atoms with Gasteiger partial charge in [0.05, 0.1) is 17.2 Å². The van der Waals surface area contributed by atoms with Gasteiger partial charge in [-0.1, -0.05) is 11.6 Å². The lowest BCUT2D eigenvalue weighted by Gasteiger charge is -2.44. The molecule has 1 amide bonds. The van der Waals surface area contributed by atoms with Crippen LogP contribution in [0.3, 0.4) is 0 Å². The Morgan fingerprint density at radius 3 is 2.87 bits per heavy atom. The van der Waals surface area contributed by atoms with Crippen LogP contribution in [-0.2, 0) is 16.8 Å². The van der Waals surface area contributed by atoms with Crippen molar-refractivity contribution in [3.05, 3.63) is 50.9 Å². The van der Waals surface area contributed by atoms with Crippen LogP contribution in [-0.4, -0.2) is 35.5 Å². The molecule has 6 heteroatoms. The molecule has 0 unspecified atom stereocenters. The molecule has 0 aliphatic carbocycles. The van der Waals surface area contributed by atoms with Gasteiger partial charge in [0.25, 0.3) is 5.91 Å². The van der Waals surface area contributed by atoms with Crippen molar-refractivity contribution in [3.63, 3.8) is 0 Å². The van der Waals surface area contributed by atoms with Crippen LogP contribution in [0.1, 0.15) is 33.8 Å². The fourth-order valence-electron chi connectivity index (χ4n) is 3.51. The van der Waals surface area contributed by atoms with Crippen LogP contribution in [0.4, 0.5) is 0 Å². The molecule has 2 aromatic rings. The monoisotopic (exact) mass is 348 g/mol. The lowest BCUT2D eigenvalue weighted by molar-refractivity contribution is -0.0926. The molecule has 4 heterocycles. The van der Waals surface area contributed by atoms with Crippen molar-refractivity contribution in [3.8, 4) is 0 Å². The van der Waals surface area contributed by atoms with Gasteiger partial charge in [0, 0.05) is 30.6 Å². The van der Waals surface area contributed by atoms with E-state index in [1.165, 1.54) is 16.6 Å². The molecule has 1 spiro atoms. The lowest BCUT2D eigenvalue weighted by atomic mass is 9.82. The molecule has 0 atom stereocenters. The Morgan fingerprint density at radius 1 is 1.30 bits per heavy atom. The normalized spacial score (nSPS) is 19.6. The number of hydrogen-bond acceptors (Lipinski definition) is 4. The maximum Gasteiger partial charge on any atom is 0.272 e. The number of likely N-dealkylation sites (tertiary alicyclic amines) is 1. The highest BCUT2D eigenvalue weighted by molar-refractivity contribution is 7.10. The third kappa shape index (κ3) is 2.67. The predicted octanol–water partition coefficient (Wildman–Crippen LogP) is 3.50. The Bertz CT molecular complexity index is 720. The molecular formula is C17H17ClN2O2S. The summed E-state index contributed by atoms with van der Waals surface area (Å²) in [5, 5.41) is 2.69. The van der Waals surface area contributed by atoms with Crippen LogP contribution >= 0.6 is 22.9 Å². The van der Waals surface area contributed by atoms with Crippen molar-refractivity contribution in [2.24, 2.45) is 0 Å². The molecule has 2 aliphatic heterocycles. The average molecular weight is 349 g/mol. The van der Waals surface area contributed by atoms with Crippen LogP contribution < -0.4 is 0 Å². The number of ether oxygens (including phenoxy) is 1. The predicted molar refractivity (Wildman–Crippen MR) is 90.0 cm³/mol. The highest BCUT2D eigenvalue weighted by Gasteiger charge is 2.42. The quantitative estimate of drug-likeness (QED) is 0.792. The van der Waals surface area contributed by atoms with Gasteiger partial charge in [-0.15, -0.1) is 11.3 Å². The van der Waals surface area contributed by atoms with E-state index >= 15 is 0 Å². The number of nitrogens with zero attached hydrogens (tertiary/aromatic N) is 2. The Morgan fingerprint density at radius 2 is 2.13 bits per heavy atom. The van der Waals surface area contributed by atoms with Crippen LogP contribution in [0.15, 0.2) is 29.8 Å². The number of carbonyl (C=O) groups excluding carboxylic acids is 1. The molecule has 0 saturated carbocycles. The molecule has 2 aromatic heterocycles. The third-order valence-electron chi connectivity index (χ3n) is 4.75. The molecule has 120 valence electrons. The van der Waals surface area contributed by atoms with E-state index in [2.05, 4.69) is 16.4 Å². The van der Waals surface area contributed by atoms with Gasteiger partial charge in [0.2, 0.25) is 0 Å². The Balaban J connectivity index is 1.50. The second-order valence-electron chi connectivity index (χ2n) is 6.00. The summed E-state index contributed by atoms with van der Waals surface area (Å²) in [6, 6.07) is 5.58. The number of hydrogen-bond donors (Lipinski definition) is 0. The van der Waals surface area contributed by atoms with Gasteiger partial charge in [-0.25, -0.2) is 4.98 Å². The van der Waals surface area contributed by atoms with E-state index in [-0.39, 0.29) is 11.5 Å². The van der Waals surface area contributed by atoms with E-state index in [1.807, 2.05) is 16.2 Å². The summed E-state index contributed by atoms with van der Waals surface area (Å²) in [4.78, 5) is 20.0. The van der Waals surface area contributed by atoms with Crippen LogP contribution in [0.2, 0.25) is 5.02 Å². The summed E-state index contributed by atoms with van der Waals surface area (Å²) in [6.45, 7) is 2.16. The number of piperidine rings is 1. The minimum atomic E-state index is -0.197. The zero-order valence-electron chi connectivity index (χ0n) is 12.6. The first kappa shape index (κ1) is 15.1. The van der Waals surface area contributed by atoms with Gasteiger partial charge in [-0.05, 0) is 42.0 Å². The zero-order valence-corrected chi connectivity index (χ0v) is 14.2. The first-order chi connectivity index (χ1) is 11.2. The Kier molecular flexibility index (Phi) is 3.87. The number of amides is 1. The van der Waals surface area contributed by atoms with Crippen molar-refractivity contribution in [1.29, 1.82) is 0 Å². The maximum absolute atomic E-state index is 12.6. The van der Waals surface area contributed by atoms with Gasteiger partial charge >= 0.3 is 0 Å². The minimum Gasteiger partial charge on any atom is -0.370 e. The number of rotatable bonds is 1. The first-order valence-electron chi connectivity index (χ1n) is 7.80. The van der Waals surface area contributed by atoms with Gasteiger partial charge in [-0.3, -0.25) is 4.79 Å². The van der Waals surface area contributed by atoms with Gasteiger partial charge in [0.1, 0.15) is 5.69 Å². The standard InChI is InChI=1S/C17H17ClN2O2S/c18-12-1-2-14(19-11-12)16(21)20-7-5-17(6-8-20)13-4-10-23-15(13)3-9-22-17/h1-2,4,10-11H,3,5-9H2. The molecule has 0 aromatic carbocycles. The summed E-state index contributed by atoms with van der Waals surface area (Å²) >= 11 is 7.65. The summed E-state index contributed by atoms with van der Waals surface area (Å²) in [5.41, 5.74) is 1.59. The zero-order chi connectivity index (χ0) is 15.9. The molecular weight excluding hydrogens is 332 g/mol. The SMILES string of the molecule is O=C(c1ccc(Cl)cn1)N1CCC2(CC1)OCCc1sccc12. The van der Waals surface area contributed by atoms with Crippen molar-refractivity contribution >= 4 is 28.8 Å². The highest BCUT2D eigenvalue weighted by Crippen LogP contribution is 2.43. The van der Waals surface area contributed by atoms with E-state index in [9.17, 15) is 4.79 Å².